The van der Waals surface area contributed by atoms with Gasteiger partial charge in [-0.1, -0.05) is 182 Å². The lowest BCUT2D eigenvalue weighted by atomic mass is 9.70. The van der Waals surface area contributed by atoms with E-state index in [9.17, 15) is 0 Å². The number of fused-ring (bicyclic) bond motifs is 16. The molecule has 326 valence electrons. The fourth-order valence-electron chi connectivity index (χ4n) is 12.2. The summed E-state index contributed by atoms with van der Waals surface area (Å²) >= 11 is 0. The lowest BCUT2D eigenvalue weighted by molar-refractivity contribution is 0.670. The zero-order valence-electron chi connectivity index (χ0n) is 38.1. The third-order valence-corrected chi connectivity index (χ3v) is 15.2. The van der Waals surface area contributed by atoms with Gasteiger partial charge in [-0.2, -0.15) is 0 Å². The first-order valence-electron chi connectivity index (χ1n) is 24.2. The SMILES string of the molecule is c1ccc(-c2cccc3c2oc2ccc(-c4ccc(N(c5ccc(-n6c7ccccc7c7ccccc76)cc5)c5ccc6c(c5)C5(c7ccccc7-c7ccccc75)c5ccccc5-6)cc4)cc23)cc1. The minimum Gasteiger partial charge on any atom is -0.455 e. The Morgan fingerprint density at radius 3 is 1.46 bits per heavy atom. The van der Waals surface area contributed by atoms with Crippen LogP contribution in [0.2, 0.25) is 0 Å². The molecule has 0 saturated carbocycles. The molecular formula is C67H42N2O. The summed E-state index contributed by atoms with van der Waals surface area (Å²) in [4.78, 5) is 2.43. The highest BCUT2D eigenvalue weighted by Crippen LogP contribution is 2.63. The van der Waals surface area contributed by atoms with Crippen LogP contribution in [0.3, 0.4) is 0 Å². The van der Waals surface area contributed by atoms with Crippen LogP contribution in [0.5, 0.6) is 0 Å². The number of hydrogen-bond acceptors (Lipinski definition) is 2. The summed E-state index contributed by atoms with van der Waals surface area (Å²) in [5.74, 6) is 0. The summed E-state index contributed by atoms with van der Waals surface area (Å²) in [5.41, 5.74) is 23.2. The van der Waals surface area contributed by atoms with Gasteiger partial charge in [0.05, 0.1) is 16.4 Å². The summed E-state index contributed by atoms with van der Waals surface area (Å²) in [7, 11) is 0. The zero-order chi connectivity index (χ0) is 45.9. The van der Waals surface area contributed by atoms with Crippen molar-refractivity contribution in [1.29, 1.82) is 0 Å². The van der Waals surface area contributed by atoms with Crippen LogP contribution in [0.15, 0.2) is 259 Å². The molecule has 0 unspecified atom stereocenters. The highest BCUT2D eigenvalue weighted by Gasteiger charge is 2.51. The lowest BCUT2D eigenvalue weighted by Crippen LogP contribution is -2.26. The van der Waals surface area contributed by atoms with Gasteiger partial charge in [0, 0.05) is 49.9 Å². The molecular weight excluding hydrogens is 849 g/mol. The van der Waals surface area contributed by atoms with Crippen molar-refractivity contribution in [2.24, 2.45) is 0 Å². The highest BCUT2D eigenvalue weighted by molar-refractivity contribution is 6.11. The summed E-state index contributed by atoms with van der Waals surface area (Å²) in [6.45, 7) is 0. The standard InChI is InChI=1S/C67H42N2O/c1-2-15-44(16-3-1)50-22-14-23-57-58-41-45(31-40-65(58)70-66(50)57)43-29-32-46(33-30-43)68(47-34-36-48(37-35-47)69-63-27-12-7-20-55(63)56-21-8-13-28-64(56)69)49-38-39-54-53-19-6-11-26-61(53)67(62(54)42-49)59-24-9-4-17-51(59)52-18-5-10-25-60(52)67/h1-42H. The summed E-state index contributed by atoms with van der Waals surface area (Å²) < 4.78 is 8.96. The number of para-hydroxylation sites is 3. The first kappa shape index (κ1) is 38.9. The van der Waals surface area contributed by atoms with Gasteiger partial charge in [0.2, 0.25) is 0 Å². The number of hydrogen-bond donors (Lipinski definition) is 0. The van der Waals surface area contributed by atoms with Gasteiger partial charge in [-0.15, -0.1) is 0 Å². The number of benzene rings is 11. The van der Waals surface area contributed by atoms with Gasteiger partial charge in [0.25, 0.3) is 0 Å². The van der Waals surface area contributed by atoms with E-state index in [0.717, 1.165) is 66.9 Å². The van der Waals surface area contributed by atoms with E-state index in [2.05, 4.69) is 264 Å². The molecule has 11 aromatic carbocycles. The van der Waals surface area contributed by atoms with Crippen LogP contribution in [0, 0.1) is 0 Å². The van der Waals surface area contributed by atoms with Crippen LogP contribution in [-0.4, -0.2) is 4.57 Å². The van der Waals surface area contributed by atoms with Crippen LogP contribution in [0.4, 0.5) is 17.1 Å². The van der Waals surface area contributed by atoms with Crippen molar-refractivity contribution in [1.82, 2.24) is 4.57 Å². The van der Waals surface area contributed by atoms with Crippen LogP contribution >= 0.6 is 0 Å². The van der Waals surface area contributed by atoms with Crippen molar-refractivity contribution in [3.63, 3.8) is 0 Å². The van der Waals surface area contributed by atoms with Gasteiger partial charge in [0.1, 0.15) is 11.2 Å². The second kappa shape index (κ2) is 14.9. The minimum absolute atomic E-state index is 0.456. The Morgan fingerprint density at radius 2 is 0.814 bits per heavy atom. The molecule has 2 aliphatic carbocycles. The zero-order valence-corrected chi connectivity index (χ0v) is 38.1. The average Bonchev–Trinajstić information content (AvgIpc) is 4.15. The predicted octanol–water partition coefficient (Wildman–Crippen LogP) is 17.8. The second-order valence-corrected chi connectivity index (χ2v) is 18.7. The van der Waals surface area contributed by atoms with E-state index in [1.165, 1.54) is 66.3 Å². The Kier molecular flexibility index (Phi) is 8.28. The third kappa shape index (κ3) is 5.46. The van der Waals surface area contributed by atoms with E-state index in [-0.39, 0.29) is 0 Å². The fraction of sp³-hybridized carbons (Fsp3) is 0.0149. The molecule has 0 aliphatic heterocycles. The molecule has 0 fully saturated rings. The van der Waals surface area contributed by atoms with Crippen molar-refractivity contribution >= 4 is 60.8 Å². The van der Waals surface area contributed by atoms with Crippen molar-refractivity contribution in [3.8, 4) is 50.2 Å². The van der Waals surface area contributed by atoms with Crippen LogP contribution in [0.1, 0.15) is 22.3 Å². The van der Waals surface area contributed by atoms with Crippen molar-refractivity contribution in [2.75, 3.05) is 4.90 Å². The van der Waals surface area contributed by atoms with E-state index in [4.69, 9.17) is 4.42 Å². The molecule has 0 atom stereocenters. The number of rotatable bonds is 6. The number of nitrogens with zero attached hydrogens (tertiary/aromatic N) is 2. The molecule has 0 N–H and O–H groups in total. The first-order chi connectivity index (χ1) is 34.7. The first-order valence-corrected chi connectivity index (χ1v) is 24.2. The van der Waals surface area contributed by atoms with E-state index in [0.29, 0.717) is 0 Å². The van der Waals surface area contributed by atoms with Gasteiger partial charge >= 0.3 is 0 Å². The van der Waals surface area contributed by atoms with Gasteiger partial charge in [-0.3, -0.25) is 0 Å². The fourth-order valence-corrected chi connectivity index (χ4v) is 12.2. The Labute approximate surface area is 405 Å². The number of furan rings is 1. The Bertz CT molecular complexity index is 4120. The average molecular weight is 891 g/mol. The van der Waals surface area contributed by atoms with Crippen molar-refractivity contribution in [3.05, 3.63) is 277 Å². The smallest absolute Gasteiger partial charge is 0.143 e. The Balaban J connectivity index is 0.893. The van der Waals surface area contributed by atoms with Gasteiger partial charge in [-0.25, -0.2) is 0 Å². The number of anilines is 3. The van der Waals surface area contributed by atoms with E-state index in [1.807, 2.05) is 0 Å². The quantitative estimate of drug-likeness (QED) is 0.166. The minimum atomic E-state index is -0.456. The molecule has 13 aromatic rings. The molecule has 0 saturated heterocycles. The van der Waals surface area contributed by atoms with Gasteiger partial charge in [-0.05, 0) is 134 Å². The molecule has 0 amide bonds. The van der Waals surface area contributed by atoms with Crippen LogP contribution < -0.4 is 4.90 Å². The highest BCUT2D eigenvalue weighted by atomic mass is 16.3. The van der Waals surface area contributed by atoms with E-state index in [1.54, 1.807) is 0 Å². The maximum atomic E-state index is 6.57. The lowest BCUT2D eigenvalue weighted by Gasteiger charge is -2.32. The maximum Gasteiger partial charge on any atom is 0.143 e. The summed E-state index contributed by atoms with van der Waals surface area (Å²) in [5, 5.41) is 4.74. The maximum absolute atomic E-state index is 6.57. The monoisotopic (exact) mass is 890 g/mol. The van der Waals surface area contributed by atoms with Crippen molar-refractivity contribution < 1.29 is 4.42 Å². The Morgan fingerprint density at radius 1 is 0.314 bits per heavy atom. The molecule has 1 spiro atoms. The molecule has 2 heterocycles. The molecule has 2 aromatic heterocycles. The molecule has 15 rings (SSSR count). The van der Waals surface area contributed by atoms with Crippen LogP contribution in [0.25, 0.3) is 93.9 Å². The normalized spacial score (nSPS) is 13.0. The Hall–Kier alpha value is -9.18. The largest absolute Gasteiger partial charge is 0.455 e. The van der Waals surface area contributed by atoms with Gasteiger partial charge in [0.15, 0.2) is 0 Å². The predicted molar refractivity (Wildman–Crippen MR) is 290 cm³/mol. The molecule has 3 nitrogen and oxygen atoms in total. The van der Waals surface area contributed by atoms with E-state index < -0.39 is 5.41 Å². The summed E-state index contributed by atoms with van der Waals surface area (Å²) in [6, 6.07) is 93.5. The van der Waals surface area contributed by atoms with Crippen molar-refractivity contribution in [2.45, 2.75) is 5.41 Å². The van der Waals surface area contributed by atoms with Crippen LogP contribution in [-0.2, 0) is 5.41 Å². The molecule has 3 heteroatoms. The topological polar surface area (TPSA) is 21.3 Å². The third-order valence-electron chi connectivity index (χ3n) is 15.2. The van der Waals surface area contributed by atoms with E-state index >= 15 is 0 Å². The summed E-state index contributed by atoms with van der Waals surface area (Å²) in [6.07, 6.45) is 0. The molecule has 70 heavy (non-hydrogen) atoms. The number of aromatic nitrogens is 1. The van der Waals surface area contributed by atoms with Gasteiger partial charge < -0.3 is 13.9 Å². The molecule has 0 bridgehead atoms. The molecule has 2 aliphatic rings. The molecule has 0 radical (unpaired) electrons. The second-order valence-electron chi connectivity index (χ2n) is 18.7.